The minimum atomic E-state index is -0.851. The van der Waals surface area contributed by atoms with Gasteiger partial charge >= 0.3 is 6.03 Å². The van der Waals surface area contributed by atoms with E-state index in [0.29, 0.717) is 45.1 Å². The number of carbonyl (C=O) groups excluding carboxylic acids is 1. The van der Waals surface area contributed by atoms with E-state index in [0.717, 1.165) is 18.9 Å². The number of likely N-dealkylation sites (tertiary alicyclic amines) is 1. The molecule has 2 fully saturated rings. The predicted octanol–water partition coefficient (Wildman–Crippen LogP) is 0.668. The molecule has 0 unspecified atom stereocenters. The Morgan fingerprint density at radius 3 is 3.00 bits per heavy atom. The van der Waals surface area contributed by atoms with E-state index < -0.39 is 6.17 Å². The minimum absolute atomic E-state index is 0.00253. The van der Waals surface area contributed by atoms with Crippen LogP contribution in [0, 0.1) is 5.92 Å². The SMILES string of the molecule is Cn1ccnc1CN1C[C@@H](F)C[C@H]1CNC(=O)NC[C@@H]1CCOC1. The van der Waals surface area contributed by atoms with Gasteiger partial charge in [-0.15, -0.1) is 0 Å². The zero-order chi connectivity index (χ0) is 16.9. The van der Waals surface area contributed by atoms with E-state index >= 15 is 0 Å². The summed E-state index contributed by atoms with van der Waals surface area (Å²) in [4.78, 5) is 18.3. The highest BCUT2D eigenvalue weighted by atomic mass is 19.1. The lowest BCUT2D eigenvalue weighted by molar-refractivity contribution is 0.184. The van der Waals surface area contributed by atoms with Gasteiger partial charge in [-0.2, -0.15) is 0 Å². The number of nitrogens with zero attached hydrogens (tertiary/aromatic N) is 3. The number of halogens is 1. The zero-order valence-corrected chi connectivity index (χ0v) is 14.1. The van der Waals surface area contributed by atoms with Crippen LogP contribution in [-0.4, -0.2) is 65.5 Å². The molecule has 8 heteroatoms. The zero-order valence-electron chi connectivity index (χ0n) is 14.1. The van der Waals surface area contributed by atoms with Crippen LogP contribution in [0.4, 0.5) is 9.18 Å². The molecule has 2 saturated heterocycles. The minimum Gasteiger partial charge on any atom is -0.381 e. The fraction of sp³-hybridized carbons (Fsp3) is 0.750. The first kappa shape index (κ1) is 17.2. The van der Waals surface area contributed by atoms with Crippen LogP contribution in [0.2, 0.25) is 0 Å². The summed E-state index contributed by atoms with van der Waals surface area (Å²) in [6.07, 6.45) is 4.21. The van der Waals surface area contributed by atoms with Gasteiger partial charge in [0.2, 0.25) is 0 Å². The van der Waals surface area contributed by atoms with E-state index in [1.165, 1.54) is 0 Å². The molecule has 2 aliphatic rings. The van der Waals surface area contributed by atoms with E-state index in [1.54, 1.807) is 6.20 Å². The Kier molecular flexibility index (Phi) is 5.68. The smallest absolute Gasteiger partial charge is 0.314 e. The van der Waals surface area contributed by atoms with Crippen LogP contribution in [0.1, 0.15) is 18.7 Å². The number of aryl methyl sites for hydroxylation is 1. The molecule has 2 amide bonds. The van der Waals surface area contributed by atoms with Crippen molar-refractivity contribution >= 4 is 6.03 Å². The van der Waals surface area contributed by atoms with E-state index in [9.17, 15) is 9.18 Å². The quantitative estimate of drug-likeness (QED) is 0.799. The number of urea groups is 1. The first-order valence-electron chi connectivity index (χ1n) is 8.55. The van der Waals surface area contributed by atoms with Gasteiger partial charge in [0, 0.05) is 57.6 Å². The molecule has 1 aromatic heterocycles. The highest BCUT2D eigenvalue weighted by Gasteiger charge is 2.32. The maximum Gasteiger partial charge on any atom is 0.314 e. The maximum absolute atomic E-state index is 13.8. The summed E-state index contributed by atoms with van der Waals surface area (Å²) in [5.74, 6) is 1.30. The van der Waals surface area contributed by atoms with Crippen molar-refractivity contribution in [3.05, 3.63) is 18.2 Å². The lowest BCUT2D eigenvalue weighted by Gasteiger charge is -2.24. The van der Waals surface area contributed by atoms with Gasteiger partial charge in [-0.25, -0.2) is 14.2 Å². The van der Waals surface area contributed by atoms with Gasteiger partial charge in [0.15, 0.2) is 0 Å². The first-order valence-corrected chi connectivity index (χ1v) is 8.55. The monoisotopic (exact) mass is 339 g/mol. The largest absolute Gasteiger partial charge is 0.381 e. The summed E-state index contributed by atoms with van der Waals surface area (Å²) in [7, 11) is 1.93. The first-order chi connectivity index (χ1) is 11.6. The van der Waals surface area contributed by atoms with Crippen LogP contribution in [0.25, 0.3) is 0 Å². The molecule has 0 spiro atoms. The van der Waals surface area contributed by atoms with Gasteiger partial charge in [0.1, 0.15) is 12.0 Å². The van der Waals surface area contributed by atoms with Crippen LogP contribution in [0.3, 0.4) is 0 Å². The summed E-state index contributed by atoms with van der Waals surface area (Å²) < 4.78 is 21.0. The second-order valence-electron chi connectivity index (χ2n) is 6.69. The molecule has 7 nitrogen and oxygen atoms in total. The summed E-state index contributed by atoms with van der Waals surface area (Å²) in [6.45, 7) is 3.54. The highest BCUT2D eigenvalue weighted by molar-refractivity contribution is 5.73. The number of hydrogen-bond acceptors (Lipinski definition) is 4. The van der Waals surface area contributed by atoms with Crippen molar-refractivity contribution in [3.63, 3.8) is 0 Å². The van der Waals surface area contributed by atoms with E-state index in [1.807, 2.05) is 17.8 Å². The van der Waals surface area contributed by atoms with Gasteiger partial charge in [0.25, 0.3) is 0 Å². The molecule has 3 atom stereocenters. The molecule has 3 rings (SSSR count). The van der Waals surface area contributed by atoms with E-state index in [-0.39, 0.29) is 12.1 Å². The summed E-state index contributed by atoms with van der Waals surface area (Å²) in [5.41, 5.74) is 0. The molecule has 1 aromatic rings. The molecular weight excluding hydrogens is 313 g/mol. The number of nitrogens with one attached hydrogen (secondary N) is 2. The van der Waals surface area contributed by atoms with Crippen LogP contribution in [0.5, 0.6) is 0 Å². The third-order valence-corrected chi connectivity index (χ3v) is 4.82. The Morgan fingerprint density at radius 1 is 1.46 bits per heavy atom. The standard InChI is InChI=1S/C16H26FN5O2/c1-21-4-3-18-15(21)10-22-9-13(17)6-14(22)8-20-16(23)19-7-12-2-5-24-11-12/h3-4,12-14H,2,5-11H2,1H3,(H2,19,20,23)/t12-,13-,14-/m0/s1. The van der Waals surface area contributed by atoms with Gasteiger partial charge in [0.05, 0.1) is 13.2 Å². The van der Waals surface area contributed by atoms with Crippen molar-refractivity contribution in [1.29, 1.82) is 0 Å². The number of rotatable bonds is 6. The molecule has 24 heavy (non-hydrogen) atoms. The second kappa shape index (κ2) is 7.94. The highest BCUT2D eigenvalue weighted by Crippen LogP contribution is 2.21. The van der Waals surface area contributed by atoms with Crippen molar-refractivity contribution in [3.8, 4) is 0 Å². The van der Waals surface area contributed by atoms with E-state index in [4.69, 9.17) is 4.74 Å². The fourth-order valence-electron chi connectivity index (χ4n) is 3.31. The van der Waals surface area contributed by atoms with Crippen LogP contribution in [-0.2, 0) is 18.3 Å². The Balaban J connectivity index is 1.44. The predicted molar refractivity (Wildman–Crippen MR) is 87.2 cm³/mol. The van der Waals surface area contributed by atoms with Crippen molar-refractivity contribution in [1.82, 2.24) is 25.1 Å². The molecule has 2 aliphatic heterocycles. The lowest BCUT2D eigenvalue weighted by Crippen LogP contribution is -2.45. The average Bonchev–Trinajstić information content (AvgIpc) is 3.27. The Labute approximate surface area is 141 Å². The van der Waals surface area contributed by atoms with Crippen molar-refractivity contribution < 1.29 is 13.9 Å². The van der Waals surface area contributed by atoms with Crippen molar-refractivity contribution in [2.24, 2.45) is 13.0 Å². The third-order valence-electron chi connectivity index (χ3n) is 4.82. The normalized spacial score (nSPS) is 27.5. The van der Waals surface area contributed by atoms with Crippen LogP contribution < -0.4 is 10.6 Å². The molecule has 0 aliphatic carbocycles. The van der Waals surface area contributed by atoms with Crippen LogP contribution in [0.15, 0.2) is 12.4 Å². The maximum atomic E-state index is 13.8. The number of carbonyl (C=O) groups is 1. The third kappa shape index (κ3) is 4.45. The summed E-state index contributed by atoms with van der Waals surface area (Å²) in [5, 5.41) is 5.74. The fourth-order valence-corrected chi connectivity index (χ4v) is 3.31. The molecule has 0 aromatic carbocycles. The lowest BCUT2D eigenvalue weighted by atomic mass is 10.1. The number of hydrogen-bond donors (Lipinski definition) is 2. The summed E-state index contributed by atoms with van der Waals surface area (Å²) in [6, 6.07) is -0.196. The number of ether oxygens (including phenoxy) is 1. The Bertz CT molecular complexity index is 546. The van der Waals surface area contributed by atoms with Crippen LogP contribution >= 0.6 is 0 Å². The molecule has 2 N–H and O–H groups in total. The summed E-state index contributed by atoms with van der Waals surface area (Å²) >= 11 is 0. The van der Waals surface area contributed by atoms with E-state index in [2.05, 4.69) is 20.5 Å². The number of aromatic nitrogens is 2. The Morgan fingerprint density at radius 2 is 2.29 bits per heavy atom. The number of imidazole rings is 1. The molecule has 3 heterocycles. The molecule has 134 valence electrons. The Hall–Kier alpha value is -1.67. The molecular formula is C16H26FN5O2. The second-order valence-corrected chi connectivity index (χ2v) is 6.69. The van der Waals surface area contributed by atoms with Gasteiger partial charge in [-0.05, 0) is 12.8 Å². The van der Waals surface area contributed by atoms with Gasteiger partial charge in [-0.1, -0.05) is 0 Å². The topological polar surface area (TPSA) is 71.4 Å². The van der Waals surface area contributed by atoms with Gasteiger partial charge < -0.3 is 19.9 Å². The number of alkyl halides is 1. The van der Waals surface area contributed by atoms with Crippen molar-refractivity contribution in [2.75, 3.05) is 32.8 Å². The molecule has 0 bridgehead atoms. The van der Waals surface area contributed by atoms with Gasteiger partial charge in [-0.3, -0.25) is 4.90 Å². The molecule has 0 radical (unpaired) electrons. The van der Waals surface area contributed by atoms with Crippen molar-refractivity contribution in [2.45, 2.75) is 31.6 Å². The number of amides is 2. The average molecular weight is 339 g/mol. The molecule has 0 saturated carbocycles.